The van der Waals surface area contributed by atoms with Crippen molar-refractivity contribution in [3.8, 4) is 0 Å². The third-order valence-electron chi connectivity index (χ3n) is 3.42. The van der Waals surface area contributed by atoms with Crippen LogP contribution < -0.4 is 16.0 Å². The molecule has 1 fully saturated rings. The Balaban J connectivity index is 1.95. The summed E-state index contributed by atoms with van der Waals surface area (Å²) in [6.07, 6.45) is 0. The Kier molecular flexibility index (Phi) is 4.57. The van der Waals surface area contributed by atoms with Crippen molar-refractivity contribution in [3.63, 3.8) is 0 Å². The van der Waals surface area contributed by atoms with Gasteiger partial charge < -0.3 is 20.9 Å². The van der Waals surface area contributed by atoms with E-state index >= 15 is 0 Å². The molecule has 3 N–H and O–H groups in total. The fraction of sp³-hybridized carbons (Fsp3) is 0.429. The maximum absolute atomic E-state index is 11.7. The Labute approximate surface area is 118 Å². The van der Waals surface area contributed by atoms with Crippen molar-refractivity contribution in [3.05, 3.63) is 29.8 Å². The van der Waals surface area contributed by atoms with E-state index in [1.807, 2.05) is 12.1 Å². The maximum atomic E-state index is 11.7. The highest BCUT2D eigenvalue weighted by Crippen LogP contribution is 2.16. The molecule has 2 amide bonds. The highest BCUT2D eigenvalue weighted by Gasteiger charge is 2.14. The quantitative estimate of drug-likeness (QED) is 0.788. The molecule has 1 aromatic rings. The third-order valence-corrected chi connectivity index (χ3v) is 3.42. The van der Waals surface area contributed by atoms with Gasteiger partial charge in [-0.05, 0) is 31.3 Å². The Bertz CT molecular complexity index is 478. The Morgan fingerprint density at radius 1 is 1.15 bits per heavy atom. The topological polar surface area (TPSA) is 78.7 Å². The van der Waals surface area contributed by atoms with Crippen molar-refractivity contribution in [1.82, 2.24) is 10.2 Å². The average Bonchev–Trinajstić information content (AvgIpc) is 2.46. The van der Waals surface area contributed by atoms with Gasteiger partial charge in [-0.3, -0.25) is 9.59 Å². The van der Waals surface area contributed by atoms with Crippen LogP contribution in [0.25, 0.3) is 0 Å². The molecule has 0 unspecified atom stereocenters. The molecule has 0 aromatic heterocycles. The minimum Gasteiger partial charge on any atom is -0.369 e. The molecule has 1 aliphatic rings. The van der Waals surface area contributed by atoms with Crippen LogP contribution in [-0.4, -0.2) is 56.5 Å². The molecule has 2 rings (SSSR count). The zero-order chi connectivity index (χ0) is 14.5. The standard InChI is InChI=1S/C14H20N4O2/c1-17-6-8-18(9-7-17)12-4-2-11(3-5-12)14(20)16-10-13(15)19/h2-5H,6-10H2,1H3,(H2,15,19)(H,16,20). The van der Waals surface area contributed by atoms with Crippen LogP contribution in [0.15, 0.2) is 24.3 Å². The van der Waals surface area contributed by atoms with E-state index in [4.69, 9.17) is 5.73 Å². The molecule has 0 aliphatic carbocycles. The number of nitrogens with zero attached hydrogens (tertiary/aromatic N) is 2. The number of piperazine rings is 1. The summed E-state index contributed by atoms with van der Waals surface area (Å²) < 4.78 is 0. The summed E-state index contributed by atoms with van der Waals surface area (Å²) in [5.74, 6) is -0.832. The number of carbonyl (C=O) groups is 2. The second-order valence-corrected chi connectivity index (χ2v) is 4.99. The summed E-state index contributed by atoms with van der Waals surface area (Å²) in [6, 6.07) is 7.41. The number of rotatable bonds is 4. The number of hydrogen-bond acceptors (Lipinski definition) is 4. The Hall–Kier alpha value is -2.08. The van der Waals surface area contributed by atoms with Crippen molar-refractivity contribution in [2.45, 2.75) is 0 Å². The molecule has 1 heterocycles. The number of primary amides is 1. The van der Waals surface area contributed by atoms with E-state index in [0.717, 1.165) is 31.9 Å². The van der Waals surface area contributed by atoms with E-state index in [-0.39, 0.29) is 12.5 Å². The smallest absolute Gasteiger partial charge is 0.251 e. The summed E-state index contributed by atoms with van der Waals surface area (Å²) >= 11 is 0. The number of hydrogen-bond donors (Lipinski definition) is 2. The van der Waals surface area contributed by atoms with Gasteiger partial charge in [-0.25, -0.2) is 0 Å². The van der Waals surface area contributed by atoms with Gasteiger partial charge in [0.2, 0.25) is 5.91 Å². The molecule has 0 spiro atoms. The molecule has 0 radical (unpaired) electrons. The third kappa shape index (κ3) is 3.71. The fourth-order valence-electron chi connectivity index (χ4n) is 2.16. The van der Waals surface area contributed by atoms with Gasteiger partial charge in [-0.1, -0.05) is 0 Å². The predicted molar refractivity (Wildman–Crippen MR) is 77.7 cm³/mol. The van der Waals surface area contributed by atoms with Crippen molar-refractivity contribution in [2.75, 3.05) is 44.7 Å². The van der Waals surface area contributed by atoms with Crippen LogP contribution in [0, 0.1) is 0 Å². The largest absolute Gasteiger partial charge is 0.369 e. The van der Waals surface area contributed by atoms with Gasteiger partial charge in [0, 0.05) is 37.4 Å². The van der Waals surface area contributed by atoms with Crippen molar-refractivity contribution >= 4 is 17.5 Å². The minimum absolute atomic E-state index is 0.140. The lowest BCUT2D eigenvalue weighted by molar-refractivity contribution is -0.117. The first-order valence-corrected chi connectivity index (χ1v) is 6.66. The predicted octanol–water partition coefficient (Wildman–Crippen LogP) is -0.346. The number of nitrogens with two attached hydrogens (primary N) is 1. The van der Waals surface area contributed by atoms with Gasteiger partial charge in [0.05, 0.1) is 6.54 Å². The van der Waals surface area contributed by atoms with E-state index in [2.05, 4.69) is 22.2 Å². The first-order valence-electron chi connectivity index (χ1n) is 6.66. The lowest BCUT2D eigenvalue weighted by atomic mass is 10.1. The van der Waals surface area contributed by atoms with Crippen molar-refractivity contribution < 1.29 is 9.59 Å². The van der Waals surface area contributed by atoms with Gasteiger partial charge in [-0.2, -0.15) is 0 Å². The molecule has 1 saturated heterocycles. The van der Waals surface area contributed by atoms with Crippen LogP contribution in [0.3, 0.4) is 0 Å². The molecule has 0 saturated carbocycles. The molecular weight excluding hydrogens is 256 g/mol. The van der Waals surface area contributed by atoms with E-state index in [1.165, 1.54) is 0 Å². The molecule has 1 aromatic carbocycles. The van der Waals surface area contributed by atoms with E-state index in [9.17, 15) is 9.59 Å². The number of likely N-dealkylation sites (N-methyl/N-ethyl adjacent to an activating group) is 1. The fourth-order valence-corrected chi connectivity index (χ4v) is 2.16. The highest BCUT2D eigenvalue weighted by molar-refractivity contribution is 5.96. The summed E-state index contributed by atoms with van der Waals surface area (Å²) in [5, 5.41) is 2.47. The lowest BCUT2D eigenvalue weighted by Crippen LogP contribution is -2.44. The van der Waals surface area contributed by atoms with Gasteiger partial charge in [0.15, 0.2) is 0 Å². The number of carbonyl (C=O) groups excluding carboxylic acids is 2. The van der Waals surface area contributed by atoms with Crippen molar-refractivity contribution in [1.29, 1.82) is 0 Å². The Morgan fingerprint density at radius 3 is 2.30 bits per heavy atom. The number of amides is 2. The van der Waals surface area contributed by atoms with Gasteiger partial charge in [0.25, 0.3) is 5.91 Å². The highest BCUT2D eigenvalue weighted by atomic mass is 16.2. The molecule has 0 atom stereocenters. The van der Waals surface area contributed by atoms with E-state index < -0.39 is 5.91 Å². The molecule has 0 bridgehead atoms. The van der Waals surface area contributed by atoms with Gasteiger partial charge in [-0.15, -0.1) is 0 Å². The van der Waals surface area contributed by atoms with Crippen LogP contribution in [-0.2, 0) is 4.79 Å². The summed E-state index contributed by atoms with van der Waals surface area (Å²) in [6.45, 7) is 3.92. The second-order valence-electron chi connectivity index (χ2n) is 4.99. The molecule has 6 heteroatoms. The minimum atomic E-state index is -0.549. The van der Waals surface area contributed by atoms with Crippen LogP contribution in [0.2, 0.25) is 0 Å². The monoisotopic (exact) mass is 276 g/mol. The zero-order valence-electron chi connectivity index (χ0n) is 11.6. The van der Waals surface area contributed by atoms with E-state index in [1.54, 1.807) is 12.1 Å². The van der Waals surface area contributed by atoms with Crippen LogP contribution >= 0.6 is 0 Å². The first kappa shape index (κ1) is 14.3. The Morgan fingerprint density at radius 2 is 1.75 bits per heavy atom. The summed E-state index contributed by atoms with van der Waals surface area (Å²) in [4.78, 5) is 27.0. The van der Waals surface area contributed by atoms with Crippen LogP contribution in [0.1, 0.15) is 10.4 Å². The molecule has 108 valence electrons. The maximum Gasteiger partial charge on any atom is 0.251 e. The number of nitrogens with one attached hydrogen (secondary N) is 1. The summed E-state index contributed by atoms with van der Waals surface area (Å²) in [7, 11) is 2.11. The number of anilines is 1. The first-order chi connectivity index (χ1) is 9.56. The normalized spacial score (nSPS) is 15.9. The van der Waals surface area contributed by atoms with Crippen LogP contribution in [0.5, 0.6) is 0 Å². The lowest BCUT2D eigenvalue weighted by Gasteiger charge is -2.34. The summed E-state index contributed by atoms with van der Waals surface area (Å²) in [5.41, 5.74) is 6.63. The molecule has 20 heavy (non-hydrogen) atoms. The number of benzene rings is 1. The second kappa shape index (κ2) is 6.38. The van der Waals surface area contributed by atoms with Crippen molar-refractivity contribution in [2.24, 2.45) is 5.73 Å². The zero-order valence-corrected chi connectivity index (χ0v) is 11.6. The van der Waals surface area contributed by atoms with Gasteiger partial charge >= 0.3 is 0 Å². The molecule has 1 aliphatic heterocycles. The average molecular weight is 276 g/mol. The molecule has 6 nitrogen and oxygen atoms in total. The SMILES string of the molecule is CN1CCN(c2ccc(C(=O)NCC(N)=O)cc2)CC1. The van der Waals surface area contributed by atoms with Crippen LogP contribution in [0.4, 0.5) is 5.69 Å². The van der Waals surface area contributed by atoms with Gasteiger partial charge in [0.1, 0.15) is 0 Å². The molecular formula is C14H20N4O2. The van der Waals surface area contributed by atoms with E-state index in [0.29, 0.717) is 5.56 Å².